The van der Waals surface area contributed by atoms with E-state index >= 15 is 0 Å². The average Bonchev–Trinajstić information content (AvgIpc) is 3.55. The van der Waals surface area contributed by atoms with Crippen molar-refractivity contribution in [3.63, 3.8) is 0 Å². The number of hydrogen-bond acceptors (Lipinski definition) is 6. The molecule has 4 aromatic rings. The van der Waals surface area contributed by atoms with E-state index in [9.17, 15) is 14.9 Å². The van der Waals surface area contributed by atoms with Crippen LogP contribution >= 0.6 is 15.9 Å². The van der Waals surface area contributed by atoms with Crippen molar-refractivity contribution >= 4 is 38.6 Å². The number of hydrogen-bond donors (Lipinski definition) is 0. The van der Waals surface area contributed by atoms with E-state index < -0.39 is 4.92 Å². The lowest BCUT2D eigenvalue weighted by Gasteiger charge is -2.12. The minimum Gasteiger partial charge on any atom is -0.461 e. The second-order valence-electron chi connectivity index (χ2n) is 8.51. The van der Waals surface area contributed by atoms with Gasteiger partial charge in [-0.15, -0.1) is 0 Å². The summed E-state index contributed by atoms with van der Waals surface area (Å²) in [6, 6.07) is 12.2. The highest BCUT2D eigenvalue weighted by atomic mass is 79.9. The van der Waals surface area contributed by atoms with Crippen molar-refractivity contribution in [2.24, 2.45) is 0 Å². The Morgan fingerprint density at radius 1 is 1.23 bits per heavy atom. The minimum atomic E-state index is -0.417. The van der Waals surface area contributed by atoms with Crippen molar-refractivity contribution in [1.82, 2.24) is 9.55 Å². The molecule has 180 valence electrons. The zero-order chi connectivity index (χ0) is 24.7. The van der Waals surface area contributed by atoms with E-state index in [2.05, 4.69) is 15.9 Å². The molecule has 9 heteroatoms. The number of rotatable bonds is 8. The van der Waals surface area contributed by atoms with Crippen LogP contribution in [0.15, 0.2) is 51.4 Å². The highest BCUT2D eigenvalue weighted by molar-refractivity contribution is 9.10. The van der Waals surface area contributed by atoms with E-state index in [-0.39, 0.29) is 18.3 Å². The van der Waals surface area contributed by atoms with Gasteiger partial charge in [-0.2, -0.15) is 0 Å². The molecule has 2 aromatic heterocycles. The molecular formula is C26H24BrN3O5. The first-order valence-electron chi connectivity index (χ1n) is 11.6. The van der Waals surface area contributed by atoms with Crippen molar-refractivity contribution in [1.29, 1.82) is 0 Å². The van der Waals surface area contributed by atoms with Gasteiger partial charge < -0.3 is 13.7 Å². The molecule has 1 aliphatic carbocycles. The summed E-state index contributed by atoms with van der Waals surface area (Å²) in [5.74, 6) is 1.15. The van der Waals surface area contributed by atoms with Gasteiger partial charge >= 0.3 is 5.97 Å². The van der Waals surface area contributed by atoms with Gasteiger partial charge in [-0.1, -0.05) is 31.2 Å². The number of benzene rings is 2. The second-order valence-corrected chi connectivity index (χ2v) is 9.30. The zero-order valence-corrected chi connectivity index (χ0v) is 21.0. The number of para-hydroxylation sites is 1. The topological polar surface area (TPSA) is 100 Å². The molecule has 8 nitrogen and oxygen atoms in total. The first-order chi connectivity index (χ1) is 16.9. The molecule has 0 N–H and O–H groups in total. The Bertz CT molecular complexity index is 1450. The van der Waals surface area contributed by atoms with Crippen LogP contribution in [0.2, 0.25) is 0 Å². The summed E-state index contributed by atoms with van der Waals surface area (Å²) in [6.07, 6.45) is 2.71. The Morgan fingerprint density at radius 3 is 2.69 bits per heavy atom. The third-order valence-electron chi connectivity index (χ3n) is 6.24. The van der Waals surface area contributed by atoms with Gasteiger partial charge in [0.1, 0.15) is 11.4 Å². The second kappa shape index (κ2) is 9.30. The number of nitro benzene ring substituents is 1. The van der Waals surface area contributed by atoms with Crippen molar-refractivity contribution in [2.45, 2.75) is 45.6 Å². The van der Waals surface area contributed by atoms with Crippen molar-refractivity contribution in [3.8, 4) is 11.3 Å². The third-order valence-corrected chi connectivity index (χ3v) is 7.00. The lowest BCUT2D eigenvalue weighted by Crippen LogP contribution is -2.16. The third kappa shape index (κ3) is 4.14. The number of nitro groups is 1. The van der Waals surface area contributed by atoms with Gasteiger partial charge in [-0.05, 0) is 53.4 Å². The lowest BCUT2D eigenvalue weighted by atomic mass is 10.1. The molecule has 0 saturated heterocycles. The molecule has 1 aliphatic rings. The molecule has 35 heavy (non-hydrogen) atoms. The normalized spacial score (nSPS) is 13.3. The molecule has 0 radical (unpaired) electrons. The van der Waals surface area contributed by atoms with Crippen LogP contribution in [0.5, 0.6) is 0 Å². The maximum absolute atomic E-state index is 13.0. The van der Waals surface area contributed by atoms with Gasteiger partial charge in [0.2, 0.25) is 0 Å². The van der Waals surface area contributed by atoms with Gasteiger partial charge in [0.05, 0.1) is 33.8 Å². The van der Waals surface area contributed by atoms with Crippen molar-refractivity contribution in [2.75, 3.05) is 6.61 Å². The van der Waals surface area contributed by atoms with E-state index in [1.54, 1.807) is 25.1 Å². The molecule has 5 rings (SSSR count). The van der Waals surface area contributed by atoms with Crippen LogP contribution in [-0.4, -0.2) is 27.1 Å². The molecule has 0 amide bonds. The lowest BCUT2D eigenvalue weighted by molar-refractivity contribution is -0.384. The number of ether oxygens (including phenoxy) is 1. The Balaban J connectivity index is 1.65. The molecular weight excluding hydrogens is 519 g/mol. The van der Waals surface area contributed by atoms with E-state index in [4.69, 9.17) is 14.1 Å². The quantitative estimate of drug-likeness (QED) is 0.107. The summed E-state index contributed by atoms with van der Waals surface area (Å²) in [6.45, 7) is 4.50. The summed E-state index contributed by atoms with van der Waals surface area (Å²) in [7, 11) is 0. The predicted octanol–water partition coefficient (Wildman–Crippen LogP) is 6.63. The van der Waals surface area contributed by atoms with Gasteiger partial charge in [0.15, 0.2) is 11.5 Å². The highest BCUT2D eigenvalue weighted by Gasteiger charge is 2.35. The monoisotopic (exact) mass is 542 g/mol. The van der Waals surface area contributed by atoms with Crippen LogP contribution < -0.4 is 0 Å². The summed E-state index contributed by atoms with van der Waals surface area (Å²) >= 11 is 3.65. The number of aromatic nitrogens is 2. The zero-order valence-electron chi connectivity index (χ0n) is 19.4. The maximum Gasteiger partial charge on any atom is 0.356 e. The molecule has 2 aromatic carbocycles. The van der Waals surface area contributed by atoms with E-state index in [0.717, 1.165) is 35.3 Å². The Kier molecular flexibility index (Phi) is 6.19. The fourth-order valence-electron chi connectivity index (χ4n) is 4.49. The Hall–Kier alpha value is -3.46. The first-order valence-corrected chi connectivity index (χ1v) is 12.4. The molecule has 1 saturated carbocycles. The number of imidazole rings is 1. The Morgan fingerprint density at radius 2 is 2.00 bits per heavy atom. The van der Waals surface area contributed by atoms with Crippen molar-refractivity contribution in [3.05, 3.63) is 79.8 Å². The fourth-order valence-corrected chi connectivity index (χ4v) is 5.24. The predicted molar refractivity (Wildman–Crippen MR) is 135 cm³/mol. The van der Waals surface area contributed by atoms with Crippen LogP contribution in [0.1, 0.15) is 60.2 Å². The summed E-state index contributed by atoms with van der Waals surface area (Å²) in [5.41, 5.74) is 3.20. The Labute approximate surface area is 210 Å². The average molecular weight is 543 g/mol. The van der Waals surface area contributed by atoms with E-state index in [1.165, 1.54) is 6.07 Å². The van der Waals surface area contributed by atoms with Crippen LogP contribution in [0.25, 0.3) is 22.3 Å². The van der Waals surface area contributed by atoms with Gasteiger partial charge in [0.25, 0.3) is 5.69 Å². The number of carbonyl (C=O) groups is 1. The van der Waals surface area contributed by atoms with Crippen LogP contribution in [0.4, 0.5) is 5.69 Å². The number of carbonyl (C=O) groups excluding carboxylic acids is 1. The maximum atomic E-state index is 13.0. The number of furan rings is 1. The number of aryl methyl sites for hydroxylation is 1. The van der Waals surface area contributed by atoms with Crippen LogP contribution in [0.3, 0.4) is 0 Å². The van der Waals surface area contributed by atoms with Crippen LogP contribution in [0, 0.1) is 10.1 Å². The molecule has 0 spiro atoms. The number of halogens is 1. The SMILES string of the molecule is CCOC(=O)c1c(C2CC2)[15n][13c]([13CH2][13CH3])[15n]1Cc1cccc2oc(-c3ccccc3[N+](=O)[O-])c(Br)c12. The van der Waals surface area contributed by atoms with E-state index in [0.29, 0.717) is 46.0 Å². The van der Waals surface area contributed by atoms with Gasteiger partial charge in [-0.3, -0.25) is 10.1 Å². The smallest absolute Gasteiger partial charge is 0.356 e. The number of fused-ring (bicyclic) bond motifs is 1. The summed E-state index contributed by atoms with van der Waals surface area (Å²) in [4.78, 5) is 29.0. The standard InChI is InChI=1S/C26H24BrN3O5/c1-3-20-28-23(15-12-13-15)24(26(31)34-4-2)29(20)14-16-8-7-11-19-21(16)22(27)25(35-19)17-9-5-6-10-18(17)30(32)33/h5-11,15H,3-4,12-14H2,1-2H3/i1+1,3+1,20+1,28+1,29+1. The van der Waals surface area contributed by atoms with Gasteiger partial charge in [-0.25, -0.2) is 9.78 Å². The van der Waals surface area contributed by atoms with E-state index in [1.807, 2.05) is 29.7 Å². The molecule has 0 bridgehead atoms. The molecule has 2 heterocycles. The largest absolute Gasteiger partial charge is 0.461 e. The minimum absolute atomic E-state index is 0.0321. The number of esters is 1. The molecule has 1 fully saturated rings. The molecule has 0 unspecified atom stereocenters. The molecule has 0 atom stereocenters. The van der Waals surface area contributed by atoms with Crippen molar-refractivity contribution < 1.29 is 18.9 Å². The summed E-state index contributed by atoms with van der Waals surface area (Å²) < 4.78 is 14.1. The van der Waals surface area contributed by atoms with Gasteiger partial charge in [0, 0.05) is 23.8 Å². The fraction of sp³-hybridized carbons (Fsp3) is 0.308. The number of nitrogens with zero attached hydrogens (tertiary/aromatic N) is 3. The molecule has 0 aliphatic heterocycles. The highest BCUT2D eigenvalue weighted by Crippen LogP contribution is 2.44. The summed E-state index contributed by atoms with van der Waals surface area (Å²) in [5, 5.41) is 12.4. The van der Waals surface area contributed by atoms with Crippen LogP contribution in [-0.2, 0) is 17.7 Å². The first kappa shape index (κ1) is 23.3.